The van der Waals surface area contributed by atoms with E-state index in [9.17, 15) is 0 Å². The number of nitrogens with zero attached hydrogens (tertiary/aromatic N) is 2. The summed E-state index contributed by atoms with van der Waals surface area (Å²) in [6, 6.07) is 2.02. The summed E-state index contributed by atoms with van der Waals surface area (Å²) in [7, 11) is 0. The molecule has 0 fully saturated rings. The number of nitrogens with two attached hydrogens (primary N) is 1. The summed E-state index contributed by atoms with van der Waals surface area (Å²) in [5, 5.41) is 4.85. The molecule has 0 spiro atoms. The van der Waals surface area contributed by atoms with E-state index in [0.717, 1.165) is 28.8 Å². The molecular weight excluding hydrogens is 178 g/mol. The molecule has 0 saturated carbocycles. The molecular formula is C10H13N3O. The molecule has 14 heavy (non-hydrogen) atoms. The molecule has 0 amide bonds. The molecule has 0 atom stereocenters. The number of aromatic nitrogens is 2. The third-order valence-electron chi connectivity index (χ3n) is 2.33. The Labute approximate surface area is 82.1 Å². The molecule has 2 N–H and O–H groups in total. The van der Waals surface area contributed by atoms with Gasteiger partial charge in [-0.15, -0.1) is 0 Å². The Morgan fingerprint density at radius 1 is 1.50 bits per heavy atom. The first-order valence-electron chi connectivity index (χ1n) is 4.71. The van der Waals surface area contributed by atoms with Crippen molar-refractivity contribution in [2.24, 2.45) is 5.73 Å². The molecule has 0 aliphatic carbocycles. The number of hydrogen-bond donors (Lipinski definition) is 1. The molecule has 0 aliphatic rings. The summed E-state index contributed by atoms with van der Waals surface area (Å²) in [5.41, 5.74) is 9.18. The largest absolute Gasteiger partial charge is 0.336 e. The van der Waals surface area contributed by atoms with Crippen LogP contribution < -0.4 is 5.73 Å². The topological polar surface area (TPSA) is 64.9 Å². The molecule has 2 aromatic rings. The Hall–Kier alpha value is -1.42. The molecule has 0 saturated heterocycles. The lowest BCUT2D eigenvalue weighted by Gasteiger charge is -2.01. The summed E-state index contributed by atoms with van der Waals surface area (Å²) >= 11 is 0. The average Bonchev–Trinajstić information content (AvgIpc) is 2.59. The van der Waals surface area contributed by atoms with Gasteiger partial charge < -0.3 is 10.3 Å². The van der Waals surface area contributed by atoms with Crippen LogP contribution in [0.3, 0.4) is 0 Å². The summed E-state index contributed by atoms with van der Waals surface area (Å²) < 4.78 is 5.12. The Morgan fingerprint density at radius 3 is 2.93 bits per heavy atom. The quantitative estimate of drug-likeness (QED) is 0.782. The van der Waals surface area contributed by atoms with Crippen LogP contribution in [0.15, 0.2) is 10.6 Å². The minimum Gasteiger partial charge on any atom is -0.336 e. The first-order chi connectivity index (χ1) is 6.76. The standard InChI is InChI=1S/C10H13N3O/c1-3-8-4-7(5-11)9-6(2)13-14-10(9)12-8/h4H,3,5,11H2,1-2H3. The fraction of sp³-hybridized carbons (Fsp3) is 0.400. The van der Waals surface area contributed by atoms with Crippen LogP contribution in [0.5, 0.6) is 0 Å². The normalized spacial score (nSPS) is 11.1. The second-order valence-electron chi connectivity index (χ2n) is 3.28. The van der Waals surface area contributed by atoms with Crippen LogP contribution in [0.4, 0.5) is 0 Å². The summed E-state index contributed by atoms with van der Waals surface area (Å²) in [6.45, 7) is 4.45. The Morgan fingerprint density at radius 2 is 2.29 bits per heavy atom. The Bertz CT molecular complexity index is 462. The van der Waals surface area contributed by atoms with Gasteiger partial charge in [0.15, 0.2) is 0 Å². The monoisotopic (exact) mass is 191 g/mol. The summed E-state index contributed by atoms with van der Waals surface area (Å²) in [6.07, 6.45) is 0.878. The van der Waals surface area contributed by atoms with Crippen molar-refractivity contribution in [2.45, 2.75) is 26.8 Å². The zero-order chi connectivity index (χ0) is 10.1. The van der Waals surface area contributed by atoms with Crippen LogP contribution >= 0.6 is 0 Å². The van der Waals surface area contributed by atoms with Crippen LogP contribution in [0.1, 0.15) is 23.9 Å². The Kier molecular flexibility index (Phi) is 2.21. The third kappa shape index (κ3) is 1.28. The van der Waals surface area contributed by atoms with Crippen molar-refractivity contribution in [3.05, 3.63) is 23.0 Å². The van der Waals surface area contributed by atoms with Crippen molar-refractivity contribution in [2.75, 3.05) is 0 Å². The van der Waals surface area contributed by atoms with Gasteiger partial charge in [-0.3, -0.25) is 0 Å². The van der Waals surface area contributed by atoms with Crippen molar-refractivity contribution in [1.29, 1.82) is 0 Å². The summed E-state index contributed by atoms with van der Waals surface area (Å²) in [4.78, 5) is 4.34. The smallest absolute Gasteiger partial charge is 0.258 e. The van der Waals surface area contributed by atoms with E-state index in [1.807, 2.05) is 13.0 Å². The zero-order valence-corrected chi connectivity index (χ0v) is 8.37. The van der Waals surface area contributed by atoms with Gasteiger partial charge in [-0.25, -0.2) is 4.98 Å². The molecule has 2 aromatic heterocycles. The van der Waals surface area contributed by atoms with Crippen molar-refractivity contribution < 1.29 is 4.52 Å². The van der Waals surface area contributed by atoms with Gasteiger partial charge in [-0.05, 0) is 25.0 Å². The van der Waals surface area contributed by atoms with E-state index in [-0.39, 0.29) is 0 Å². The molecule has 2 heterocycles. The number of aryl methyl sites for hydroxylation is 2. The van der Waals surface area contributed by atoms with Gasteiger partial charge in [0.25, 0.3) is 5.71 Å². The highest BCUT2D eigenvalue weighted by molar-refractivity contribution is 5.80. The van der Waals surface area contributed by atoms with Gasteiger partial charge in [-0.1, -0.05) is 12.1 Å². The highest BCUT2D eigenvalue weighted by atomic mass is 16.5. The maximum atomic E-state index is 5.67. The molecule has 74 valence electrons. The third-order valence-corrected chi connectivity index (χ3v) is 2.33. The van der Waals surface area contributed by atoms with Gasteiger partial charge in [-0.2, -0.15) is 0 Å². The van der Waals surface area contributed by atoms with Gasteiger partial charge in [0, 0.05) is 12.2 Å². The van der Waals surface area contributed by atoms with E-state index in [1.165, 1.54) is 0 Å². The molecule has 2 rings (SSSR count). The Balaban J connectivity index is 2.76. The van der Waals surface area contributed by atoms with Crippen LogP contribution in [-0.2, 0) is 13.0 Å². The average molecular weight is 191 g/mol. The van der Waals surface area contributed by atoms with E-state index in [4.69, 9.17) is 10.3 Å². The van der Waals surface area contributed by atoms with E-state index < -0.39 is 0 Å². The van der Waals surface area contributed by atoms with Gasteiger partial charge in [0.05, 0.1) is 11.1 Å². The number of pyridine rings is 1. The molecule has 0 radical (unpaired) electrons. The SMILES string of the molecule is CCc1cc(CN)c2c(C)noc2n1. The number of fused-ring (bicyclic) bond motifs is 1. The molecule has 4 nitrogen and oxygen atoms in total. The summed E-state index contributed by atoms with van der Waals surface area (Å²) in [5.74, 6) is 0. The van der Waals surface area contributed by atoms with E-state index in [2.05, 4.69) is 17.1 Å². The van der Waals surface area contributed by atoms with Gasteiger partial charge in [0.1, 0.15) is 0 Å². The van der Waals surface area contributed by atoms with Crippen LogP contribution in [-0.4, -0.2) is 10.1 Å². The fourth-order valence-corrected chi connectivity index (χ4v) is 1.58. The van der Waals surface area contributed by atoms with Crippen LogP contribution in [0, 0.1) is 6.92 Å². The zero-order valence-electron chi connectivity index (χ0n) is 8.37. The second kappa shape index (κ2) is 3.38. The van der Waals surface area contributed by atoms with Crippen LogP contribution in [0.2, 0.25) is 0 Å². The molecule has 0 aliphatic heterocycles. The number of hydrogen-bond acceptors (Lipinski definition) is 4. The lowest BCUT2D eigenvalue weighted by molar-refractivity contribution is 0.442. The van der Waals surface area contributed by atoms with Crippen molar-refractivity contribution >= 4 is 11.1 Å². The lowest BCUT2D eigenvalue weighted by atomic mass is 10.1. The minimum atomic E-state index is 0.494. The second-order valence-corrected chi connectivity index (χ2v) is 3.28. The lowest BCUT2D eigenvalue weighted by Crippen LogP contribution is -2.00. The minimum absolute atomic E-state index is 0.494. The van der Waals surface area contributed by atoms with Gasteiger partial charge in [0.2, 0.25) is 0 Å². The van der Waals surface area contributed by atoms with E-state index in [1.54, 1.807) is 0 Å². The molecule has 0 aromatic carbocycles. The molecule has 0 bridgehead atoms. The van der Waals surface area contributed by atoms with E-state index >= 15 is 0 Å². The van der Waals surface area contributed by atoms with Crippen molar-refractivity contribution in [3.63, 3.8) is 0 Å². The number of rotatable bonds is 2. The first-order valence-corrected chi connectivity index (χ1v) is 4.71. The molecule has 4 heteroatoms. The van der Waals surface area contributed by atoms with Crippen LogP contribution in [0.25, 0.3) is 11.1 Å². The highest BCUT2D eigenvalue weighted by Crippen LogP contribution is 2.21. The molecule has 0 unspecified atom stereocenters. The van der Waals surface area contributed by atoms with E-state index in [0.29, 0.717) is 12.3 Å². The van der Waals surface area contributed by atoms with Crippen molar-refractivity contribution in [1.82, 2.24) is 10.1 Å². The highest BCUT2D eigenvalue weighted by Gasteiger charge is 2.11. The maximum Gasteiger partial charge on any atom is 0.258 e. The predicted molar refractivity (Wildman–Crippen MR) is 53.8 cm³/mol. The van der Waals surface area contributed by atoms with Gasteiger partial charge >= 0.3 is 0 Å². The fourth-order valence-electron chi connectivity index (χ4n) is 1.58. The first kappa shape index (κ1) is 9.15. The van der Waals surface area contributed by atoms with Crippen molar-refractivity contribution in [3.8, 4) is 0 Å². The maximum absolute atomic E-state index is 5.67. The predicted octanol–water partition coefficient (Wildman–Crippen LogP) is 1.55.